The molecule has 2 rings (SSSR count). The monoisotopic (exact) mass is 381 g/mol. The Bertz CT molecular complexity index is 617. The molecule has 1 fully saturated rings. The third kappa shape index (κ3) is 3.08. The lowest BCUT2D eigenvalue weighted by molar-refractivity contribution is -0.148. The Morgan fingerprint density at radius 2 is 2.10 bits per heavy atom. The molecule has 0 unspecified atom stereocenters. The Balaban J connectivity index is 2.17. The van der Waals surface area contributed by atoms with Crippen LogP contribution in [0, 0.1) is 12.3 Å². The van der Waals surface area contributed by atoms with Gasteiger partial charge in [0.25, 0.3) is 0 Å². The van der Waals surface area contributed by atoms with Crippen LogP contribution in [0.2, 0.25) is 0 Å². The minimum atomic E-state index is -3.66. The number of hydrogen-bond donors (Lipinski definition) is 2. The molecule has 0 bridgehead atoms. The minimum Gasteiger partial charge on any atom is -0.481 e. The Hall–Kier alpha value is -0.440. The van der Waals surface area contributed by atoms with Crippen molar-refractivity contribution in [3.05, 3.63) is 14.7 Å². The fourth-order valence-electron chi connectivity index (χ4n) is 2.53. The van der Waals surface area contributed by atoms with Crippen molar-refractivity contribution in [2.45, 2.75) is 37.5 Å². The maximum Gasteiger partial charge on any atom is 0.310 e. The van der Waals surface area contributed by atoms with Crippen molar-refractivity contribution in [3.63, 3.8) is 0 Å². The molecule has 0 atom stereocenters. The zero-order valence-electron chi connectivity index (χ0n) is 11.0. The molecule has 0 aromatic carbocycles. The van der Waals surface area contributed by atoms with Crippen LogP contribution >= 0.6 is 27.3 Å². The summed E-state index contributed by atoms with van der Waals surface area (Å²) in [6.45, 7) is 1.68. The molecule has 0 radical (unpaired) electrons. The molecule has 20 heavy (non-hydrogen) atoms. The highest BCUT2D eigenvalue weighted by atomic mass is 79.9. The van der Waals surface area contributed by atoms with Gasteiger partial charge in [-0.3, -0.25) is 4.79 Å². The topological polar surface area (TPSA) is 83.5 Å². The van der Waals surface area contributed by atoms with E-state index in [1.54, 1.807) is 13.0 Å². The highest BCUT2D eigenvalue weighted by molar-refractivity contribution is 9.11. The van der Waals surface area contributed by atoms with Crippen LogP contribution in [0.15, 0.2) is 14.7 Å². The summed E-state index contributed by atoms with van der Waals surface area (Å²) in [5, 5.41) is 9.35. The van der Waals surface area contributed by atoms with Gasteiger partial charge in [-0.1, -0.05) is 12.8 Å². The first-order valence-corrected chi connectivity index (χ1v) is 9.35. The van der Waals surface area contributed by atoms with E-state index in [0.717, 1.165) is 16.6 Å². The lowest BCUT2D eigenvalue weighted by Crippen LogP contribution is -2.41. The average molecular weight is 382 g/mol. The Labute approximate surface area is 130 Å². The van der Waals surface area contributed by atoms with Gasteiger partial charge in [-0.2, -0.15) is 0 Å². The number of thiophene rings is 1. The Morgan fingerprint density at radius 3 is 2.55 bits per heavy atom. The molecule has 112 valence electrons. The standard InChI is InChI=1S/C12H16BrNO4S2/c1-8-9(6-10(13)19-8)20(17,18)14-7-12(11(15)16)4-2-3-5-12/h6,14H,2-5,7H2,1H3,(H,15,16). The van der Waals surface area contributed by atoms with Crippen LogP contribution in [0.3, 0.4) is 0 Å². The van der Waals surface area contributed by atoms with E-state index < -0.39 is 21.4 Å². The molecule has 0 amide bonds. The van der Waals surface area contributed by atoms with Gasteiger partial charge in [-0.05, 0) is 41.8 Å². The van der Waals surface area contributed by atoms with Gasteiger partial charge in [-0.15, -0.1) is 11.3 Å². The fourth-order valence-corrected chi connectivity index (χ4v) is 6.07. The zero-order valence-corrected chi connectivity index (χ0v) is 14.2. The van der Waals surface area contributed by atoms with Crippen molar-refractivity contribution in [1.29, 1.82) is 0 Å². The number of aryl methyl sites for hydroxylation is 1. The summed E-state index contributed by atoms with van der Waals surface area (Å²) in [7, 11) is -3.66. The molecular weight excluding hydrogens is 366 g/mol. The molecule has 8 heteroatoms. The molecule has 1 aromatic rings. The van der Waals surface area contributed by atoms with Crippen LogP contribution in [0.25, 0.3) is 0 Å². The van der Waals surface area contributed by atoms with Gasteiger partial charge in [0.1, 0.15) is 0 Å². The molecule has 0 spiro atoms. The highest BCUT2D eigenvalue weighted by Crippen LogP contribution is 2.38. The van der Waals surface area contributed by atoms with E-state index in [1.807, 2.05) is 0 Å². The first-order chi connectivity index (χ1) is 9.27. The molecule has 0 saturated heterocycles. The lowest BCUT2D eigenvalue weighted by Gasteiger charge is -2.23. The van der Waals surface area contributed by atoms with Crippen molar-refractivity contribution in [2.24, 2.45) is 5.41 Å². The second-order valence-electron chi connectivity index (χ2n) is 5.09. The maximum atomic E-state index is 12.3. The predicted molar refractivity (Wildman–Crippen MR) is 80.5 cm³/mol. The van der Waals surface area contributed by atoms with E-state index >= 15 is 0 Å². The molecule has 1 heterocycles. The third-order valence-corrected chi connectivity index (χ3v) is 6.96. The van der Waals surface area contributed by atoms with Gasteiger partial charge in [0.2, 0.25) is 10.0 Å². The summed E-state index contributed by atoms with van der Waals surface area (Å²) >= 11 is 4.60. The van der Waals surface area contributed by atoms with Crippen LogP contribution in [0.1, 0.15) is 30.6 Å². The third-order valence-electron chi connectivity index (χ3n) is 3.75. The molecular formula is C12H16BrNO4S2. The summed E-state index contributed by atoms with van der Waals surface area (Å²) in [6.07, 6.45) is 2.71. The minimum absolute atomic E-state index is 0.0441. The number of rotatable bonds is 5. The van der Waals surface area contributed by atoms with Crippen LogP contribution in [0.4, 0.5) is 0 Å². The fraction of sp³-hybridized carbons (Fsp3) is 0.583. The van der Waals surface area contributed by atoms with Crippen LogP contribution in [0.5, 0.6) is 0 Å². The Morgan fingerprint density at radius 1 is 1.50 bits per heavy atom. The average Bonchev–Trinajstić information content (AvgIpc) is 2.94. The van der Waals surface area contributed by atoms with Crippen LogP contribution in [-0.4, -0.2) is 26.0 Å². The molecule has 2 N–H and O–H groups in total. The number of hydrogen-bond acceptors (Lipinski definition) is 4. The van der Waals surface area contributed by atoms with E-state index in [1.165, 1.54) is 11.3 Å². The van der Waals surface area contributed by atoms with E-state index in [4.69, 9.17) is 0 Å². The summed E-state index contributed by atoms with van der Waals surface area (Å²) in [5.74, 6) is -0.916. The number of nitrogens with one attached hydrogen (secondary N) is 1. The van der Waals surface area contributed by atoms with Gasteiger partial charge in [0, 0.05) is 11.4 Å². The van der Waals surface area contributed by atoms with E-state index in [-0.39, 0.29) is 11.4 Å². The summed E-state index contributed by atoms with van der Waals surface area (Å²) in [6, 6.07) is 1.55. The first-order valence-electron chi connectivity index (χ1n) is 6.26. The van der Waals surface area contributed by atoms with Gasteiger partial charge in [0.15, 0.2) is 0 Å². The summed E-state index contributed by atoms with van der Waals surface area (Å²) in [4.78, 5) is 12.3. The number of aliphatic carboxylic acids is 1. The molecule has 1 aliphatic carbocycles. The lowest BCUT2D eigenvalue weighted by atomic mass is 9.87. The summed E-state index contributed by atoms with van der Waals surface area (Å²) in [5.41, 5.74) is -0.950. The van der Waals surface area contributed by atoms with E-state index in [0.29, 0.717) is 17.7 Å². The van der Waals surface area contributed by atoms with Crippen molar-refractivity contribution in [3.8, 4) is 0 Å². The first kappa shape index (κ1) is 15.9. The van der Waals surface area contributed by atoms with Crippen molar-refractivity contribution < 1.29 is 18.3 Å². The summed E-state index contributed by atoms with van der Waals surface area (Å²) < 4.78 is 27.8. The normalized spacial score (nSPS) is 18.3. The second-order valence-corrected chi connectivity index (χ2v) is 9.46. The quantitative estimate of drug-likeness (QED) is 0.820. The van der Waals surface area contributed by atoms with Crippen LogP contribution < -0.4 is 4.72 Å². The number of halogens is 1. The van der Waals surface area contributed by atoms with Crippen LogP contribution in [-0.2, 0) is 14.8 Å². The highest BCUT2D eigenvalue weighted by Gasteiger charge is 2.42. The molecule has 0 aliphatic heterocycles. The van der Waals surface area contributed by atoms with Crippen molar-refractivity contribution >= 4 is 43.3 Å². The van der Waals surface area contributed by atoms with Crippen molar-refractivity contribution in [1.82, 2.24) is 4.72 Å². The predicted octanol–water partition coefficient (Wildman–Crippen LogP) is 2.74. The molecule has 1 saturated carbocycles. The molecule has 1 aromatic heterocycles. The SMILES string of the molecule is Cc1sc(Br)cc1S(=O)(=O)NCC1(C(=O)O)CCCC1. The number of carboxylic acid groups (broad SMARTS) is 1. The van der Waals surface area contributed by atoms with Gasteiger partial charge in [-0.25, -0.2) is 13.1 Å². The van der Waals surface area contributed by atoms with Gasteiger partial charge >= 0.3 is 5.97 Å². The largest absolute Gasteiger partial charge is 0.481 e. The van der Waals surface area contributed by atoms with Gasteiger partial charge < -0.3 is 5.11 Å². The molecule has 1 aliphatic rings. The maximum absolute atomic E-state index is 12.3. The molecule has 5 nitrogen and oxygen atoms in total. The number of carboxylic acids is 1. The van der Waals surface area contributed by atoms with Crippen molar-refractivity contribution in [2.75, 3.05) is 6.54 Å². The smallest absolute Gasteiger partial charge is 0.310 e. The van der Waals surface area contributed by atoms with Gasteiger partial charge in [0.05, 0.1) is 14.1 Å². The van der Waals surface area contributed by atoms with E-state index in [9.17, 15) is 18.3 Å². The number of sulfonamides is 1. The zero-order chi connectivity index (χ0) is 15.0. The second kappa shape index (κ2) is 5.75. The Kier molecular flexibility index (Phi) is 4.58. The number of carbonyl (C=O) groups is 1. The van der Waals surface area contributed by atoms with E-state index in [2.05, 4.69) is 20.7 Å².